The quantitative estimate of drug-likeness (QED) is 0.889. The molecule has 2 rings (SSSR count). The van der Waals surface area contributed by atoms with Crippen molar-refractivity contribution in [3.8, 4) is 0 Å². The fourth-order valence-electron chi connectivity index (χ4n) is 3.23. The monoisotopic (exact) mass is 249 g/mol. The van der Waals surface area contributed by atoms with Gasteiger partial charge in [0.25, 0.3) is 0 Å². The van der Waals surface area contributed by atoms with Gasteiger partial charge in [-0.3, -0.25) is 0 Å². The summed E-state index contributed by atoms with van der Waals surface area (Å²) in [5, 5.41) is 3.77. The summed E-state index contributed by atoms with van der Waals surface area (Å²) in [7, 11) is 2.06. The SMILES string of the molecule is CC1CCC(C(C)C)C(NCc2cncn2C)C1. The average molecular weight is 249 g/mol. The number of aryl methyl sites for hydroxylation is 1. The van der Waals surface area contributed by atoms with Gasteiger partial charge in [-0.1, -0.05) is 27.2 Å². The van der Waals surface area contributed by atoms with E-state index in [1.165, 1.54) is 25.0 Å². The molecule has 1 saturated carbocycles. The Morgan fingerprint density at radius 2 is 2.22 bits per heavy atom. The highest BCUT2D eigenvalue weighted by molar-refractivity contribution is 4.98. The summed E-state index contributed by atoms with van der Waals surface area (Å²) in [5.41, 5.74) is 1.27. The van der Waals surface area contributed by atoms with Crippen LogP contribution < -0.4 is 5.32 Å². The standard InChI is InChI=1S/C15H27N3/c1-11(2)14-6-5-12(3)7-15(14)17-9-13-8-16-10-18(13)4/h8,10-12,14-15,17H,5-7,9H2,1-4H3. The first-order chi connectivity index (χ1) is 8.58. The Bertz CT molecular complexity index is 370. The van der Waals surface area contributed by atoms with Crippen molar-refractivity contribution in [3.63, 3.8) is 0 Å². The van der Waals surface area contributed by atoms with E-state index in [2.05, 4.69) is 42.7 Å². The van der Waals surface area contributed by atoms with Gasteiger partial charge in [-0.05, 0) is 30.6 Å². The highest BCUT2D eigenvalue weighted by Crippen LogP contribution is 2.33. The van der Waals surface area contributed by atoms with E-state index < -0.39 is 0 Å². The van der Waals surface area contributed by atoms with E-state index in [-0.39, 0.29) is 0 Å². The van der Waals surface area contributed by atoms with Gasteiger partial charge in [0.2, 0.25) is 0 Å². The highest BCUT2D eigenvalue weighted by Gasteiger charge is 2.30. The molecule has 3 heteroatoms. The van der Waals surface area contributed by atoms with Crippen LogP contribution in [0.3, 0.4) is 0 Å². The van der Waals surface area contributed by atoms with Crippen LogP contribution in [0, 0.1) is 17.8 Å². The Balaban J connectivity index is 1.94. The average Bonchev–Trinajstić information content (AvgIpc) is 2.72. The summed E-state index contributed by atoms with van der Waals surface area (Å²) in [4.78, 5) is 4.18. The van der Waals surface area contributed by atoms with Gasteiger partial charge in [0.1, 0.15) is 0 Å². The lowest BCUT2D eigenvalue weighted by Crippen LogP contribution is -2.42. The molecule has 1 heterocycles. The maximum atomic E-state index is 4.18. The Kier molecular flexibility index (Phi) is 4.44. The molecule has 0 amide bonds. The number of nitrogens with zero attached hydrogens (tertiary/aromatic N) is 2. The normalized spacial score (nSPS) is 28.8. The van der Waals surface area contributed by atoms with Crippen LogP contribution in [0.2, 0.25) is 0 Å². The lowest BCUT2D eigenvalue weighted by Gasteiger charge is -2.38. The molecule has 3 nitrogen and oxygen atoms in total. The number of aromatic nitrogens is 2. The van der Waals surface area contributed by atoms with Gasteiger partial charge in [-0.15, -0.1) is 0 Å². The van der Waals surface area contributed by atoms with Crippen LogP contribution in [0.4, 0.5) is 0 Å². The minimum atomic E-state index is 0.670. The maximum absolute atomic E-state index is 4.18. The first-order valence-corrected chi connectivity index (χ1v) is 7.26. The highest BCUT2D eigenvalue weighted by atomic mass is 15.1. The third-order valence-electron chi connectivity index (χ3n) is 4.48. The second-order valence-corrected chi connectivity index (χ2v) is 6.31. The zero-order valence-electron chi connectivity index (χ0n) is 12.2. The molecule has 0 spiro atoms. The lowest BCUT2D eigenvalue weighted by atomic mass is 9.74. The molecule has 0 aromatic carbocycles. The van der Waals surface area contributed by atoms with Crippen LogP contribution in [0.1, 0.15) is 45.7 Å². The van der Waals surface area contributed by atoms with E-state index in [1.54, 1.807) is 0 Å². The number of rotatable bonds is 4. The van der Waals surface area contributed by atoms with E-state index in [1.807, 2.05) is 12.5 Å². The molecule has 1 aliphatic carbocycles. The Hall–Kier alpha value is -0.830. The van der Waals surface area contributed by atoms with E-state index in [0.29, 0.717) is 6.04 Å². The van der Waals surface area contributed by atoms with Gasteiger partial charge in [-0.25, -0.2) is 4.98 Å². The maximum Gasteiger partial charge on any atom is 0.0945 e. The smallest absolute Gasteiger partial charge is 0.0945 e. The van der Waals surface area contributed by atoms with Crippen LogP contribution >= 0.6 is 0 Å². The molecular weight excluding hydrogens is 222 g/mol. The Morgan fingerprint density at radius 3 is 2.83 bits per heavy atom. The van der Waals surface area contributed by atoms with Crippen molar-refractivity contribution >= 4 is 0 Å². The number of nitrogens with one attached hydrogen (secondary N) is 1. The molecule has 0 radical (unpaired) electrons. The van der Waals surface area contributed by atoms with Gasteiger partial charge in [0.15, 0.2) is 0 Å². The Labute approximate surface area is 111 Å². The summed E-state index contributed by atoms with van der Waals surface area (Å²) >= 11 is 0. The van der Waals surface area contributed by atoms with E-state index in [9.17, 15) is 0 Å². The van der Waals surface area contributed by atoms with Crippen LogP contribution in [-0.2, 0) is 13.6 Å². The molecule has 3 atom stereocenters. The summed E-state index contributed by atoms with van der Waals surface area (Å²) in [5.74, 6) is 2.47. The molecule has 1 aromatic heterocycles. The molecule has 3 unspecified atom stereocenters. The predicted molar refractivity (Wildman–Crippen MR) is 75.2 cm³/mol. The number of imidazole rings is 1. The molecule has 1 fully saturated rings. The molecule has 102 valence electrons. The topological polar surface area (TPSA) is 29.9 Å². The third kappa shape index (κ3) is 3.14. The van der Waals surface area contributed by atoms with Crippen molar-refractivity contribution in [2.75, 3.05) is 0 Å². The molecule has 0 saturated heterocycles. The Morgan fingerprint density at radius 1 is 1.44 bits per heavy atom. The molecular formula is C15H27N3. The van der Waals surface area contributed by atoms with Crippen molar-refractivity contribution < 1.29 is 0 Å². The molecule has 18 heavy (non-hydrogen) atoms. The number of hydrogen-bond donors (Lipinski definition) is 1. The van der Waals surface area contributed by atoms with Crippen molar-refractivity contribution in [1.82, 2.24) is 14.9 Å². The van der Waals surface area contributed by atoms with E-state index >= 15 is 0 Å². The summed E-state index contributed by atoms with van der Waals surface area (Å²) in [6, 6.07) is 0.670. The van der Waals surface area contributed by atoms with Crippen LogP contribution in [0.15, 0.2) is 12.5 Å². The van der Waals surface area contributed by atoms with Crippen LogP contribution in [-0.4, -0.2) is 15.6 Å². The largest absolute Gasteiger partial charge is 0.337 e. The van der Waals surface area contributed by atoms with Crippen molar-refractivity contribution in [2.24, 2.45) is 24.8 Å². The molecule has 1 aromatic rings. The second-order valence-electron chi connectivity index (χ2n) is 6.31. The van der Waals surface area contributed by atoms with E-state index in [0.717, 1.165) is 24.3 Å². The fourth-order valence-corrected chi connectivity index (χ4v) is 3.23. The number of hydrogen-bond acceptors (Lipinski definition) is 2. The van der Waals surface area contributed by atoms with E-state index in [4.69, 9.17) is 0 Å². The molecule has 0 aliphatic heterocycles. The van der Waals surface area contributed by atoms with Gasteiger partial charge < -0.3 is 9.88 Å². The second kappa shape index (κ2) is 5.87. The predicted octanol–water partition coefficient (Wildman–Crippen LogP) is 2.97. The van der Waals surface area contributed by atoms with Crippen molar-refractivity contribution in [2.45, 2.75) is 52.6 Å². The molecule has 1 aliphatic rings. The molecule has 0 bridgehead atoms. The lowest BCUT2D eigenvalue weighted by molar-refractivity contribution is 0.168. The van der Waals surface area contributed by atoms with Gasteiger partial charge in [-0.2, -0.15) is 0 Å². The zero-order valence-corrected chi connectivity index (χ0v) is 12.2. The fraction of sp³-hybridized carbons (Fsp3) is 0.800. The first kappa shape index (κ1) is 13.6. The van der Waals surface area contributed by atoms with Crippen molar-refractivity contribution in [3.05, 3.63) is 18.2 Å². The van der Waals surface area contributed by atoms with Gasteiger partial charge in [0.05, 0.1) is 12.0 Å². The zero-order chi connectivity index (χ0) is 13.1. The summed E-state index contributed by atoms with van der Waals surface area (Å²) < 4.78 is 2.10. The van der Waals surface area contributed by atoms with Gasteiger partial charge in [0, 0.05) is 25.8 Å². The minimum absolute atomic E-state index is 0.670. The molecule has 1 N–H and O–H groups in total. The minimum Gasteiger partial charge on any atom is -0.337 e. The van der Waals surface area contributed by atoms with Gasteiger partial charge >= 0.3 is 0 Å². The first-order valence-electron chi connectivity index (χ1n) is 7.26. The summed E-state index contributed by atoms with van der Waals surface area (Å²) in [6.45, 7) is 8.05. The van der Waals surface area contributed by atoms with Crippen LogP contribution in [0.25, 0.3) is 0 Å². The third-order valence-corrected chi connectivity index (χ3v) is 4.48. The van der Waals surface area contributed by atoms with Crippen LogP contribution in [0.5, 0.6) is 0 Å². The summed E-state index contributed by atoms with van der Waals surface area (Å²) in [6.07, 6.45) is 7.93. The van der Waals surface area contributed by atoms with Crippen molar-refractivity contribution in [1.29, 1.82) is 0 Å².